The van der Waals surface area contributed by atoms with Gasteiger partial charge in [0.05, 0.1) is 0 Å². The molecule has 0 spiro atoms. The minimum absolute atomic E-state index is 0.557. The molecule has 2 atom stereocenters. The van der Waals surface area contributed by atoms with Crippen LogP contribution in [-0.2, 0) is 0 Å². The van der Waals surface area contributed by atoms with Crippen molar-refractivity contribution in [1.82, 2.24) is 5.32 Å². The van der Waals surface area contributed by atoms with E-state index in [9.17, 15) is 0 Å². The first kappa shape index (κ1) is 10.7. The zero-order valence-corrected chi connectivity index (χ0v) is 9.28. The molecule has 1 fully saturated rings. The van der Waals surface area contributed by atoms with Crippen molar-refractivity contribution in [3.05, 3.63) is 42.8 Å². The van der Waals surface area contributed by atoms with Crippen LogP contribution >= 0.6 is 0 Å². The summed E-state index contributed by atoms with van der Waals surface area (Å²) in [6.07, 6.45) is 4.96. The smallest absolute Gasteiger partial charge is 0.0348 e. The Morgan fingerprint density at radius 1 is 1.27 bits per heavy atom. The molecular weight excluding hydrogens is 182 g/mol. The van der Waals surface area contributed by atoms with Gasteiger partial charge in [-0.1, -0.05) is 43.7 Å². The minimum Gasteiger partial charge on any atom is -0.310 e. The Labute approximate surface area is 92.9 Å². The van der Waals surface area contributed by atoms with Crippen LogP contribution in [0.1, 0.15) is 37.3 Å². The van der Waals surface area contributed by atoms with Crippen molar-refractivity contribution in [3.8, 4) is 0 Å². The minimum atomic E-state index is 0.557. The Morgan fingerprint density at radius 3 is 2.80 bits per heavy atom. The fourth-order valence-electron chi connectivity index (χ4n) is 2.58. The van der Waals surface area contributed by atoms with Gasteiger partial charge in [0.25, 0.3) is 0 Å². The van der Waals surface area contributed by atoms with Crippen LogP contribution in [0, 0.1) is 12.8 Å². The van der Waals surface area contributed by atoms with Gasteiger partial charge in [-0.3, -0.25) is 0 Å². The molecule has 1 saturated heterocycles. The monoisotopic (exact) mass is 202 g/mol. The Kier molecular flexibility index (Phi) is 3.79. The van der Waals surface area contributed by atoms with Crippen molar-refractivity contribution in [1.29, 1.82) is 0 Å². The van der Waals surface area contributed by atoms with E-state index in [0.717, 1.165) is 18.9 Å². The van der Waals surface area contributed by atoms with E-state index in [0.29, 0.717) is 6.04 Å². The van der Waals surface area contributed by atoms with Crippen LogP contribution in [0.5, 0.6) is 0 Å². The maximum absolute atomic E-state index is 3.98. The van der Waals surface area contributed by atoms with E-state index in [1.165, 1.54) is 24.8 Å². The van der Waals surface area contributed by atoms with Crippen LogP contribution in [0.3, 0.4) is 0 Å². The first-order chi connectivity index (χ1) is 7.42. The molecule has 81 valence electrons. The highest BCUT2D eigenvalue weighted by Gasteiger charge is 2.24. The van der Waals surface area contributed by atoms with Gasteiger partial charge in [0, 0.05) is 6.04 Å². The van der Waals surface area contributed by atoms with Gasteiger partial charge in [-0.05, 0) is 37.3 Å². The van der Waals surface area contributed by atoms with Crippen LogP contribution < -0.4 is 5.32 Å². The first-order valence-corrected chi connectivity index (χ1v) is 5.99. The van der Waals surface area contributed by atoms with E-state index >= 15 is 0 Å². The summed E-state index contributed by atoms with van der Waals surface area (Å²) in [6.45, 7) is 5.14. The highest BCUT2D eigenvalue weighted by atomic mass is 14.9. The summed E-state index contributed by atoms with van der Waals surface area (Å²) in [6, 6.07) is 11.4. The van der Waals surface area contributed by atoms with Gasteiger partial charge in [0.15, 0.2) is 0 Å². The number of hydrogen-bond donors (Lipinski definition) is 1. The lowest BCUT2D eigenvalue weighted by atomic mass is 9.83. The predicted molar refractivity (Wildman–Crippen MR) is 64.5 cm³/mol. The van der Waals surface area contributed by atoms with E-state index in [1.54, 1.807) is 0 Å². The van der Waals surface area contributed by atoms with Crippen LogP contribution in [-0.4, -0.2) is 6.54 Å². The molecule has 15 heavy (non-hydrogen) atoms. The molecule has 2 unspecified atom stereocenters. The van der Waals surface area contributed by atoms with Gasteiger partial charge in [-0.2, -0.15) is 0 Å². The maximum atomic E-state index is 3.98. The highest BCUT2D eigenvalue weighted by Crippen LogP contribution is 2.32. The third-order valence-electron chi connectivity index (χ3n) is 3.32. The number of hydrogen-bond acceptors (Lipinski definition) is 1. The normalized spacial score (nSPS) is 26.5. The van der Waals surface area contributed by atoms with Gasteiger partial charge in [-0.25, -0.2) is 0 Å². The molecule has 0 aliphatic carbocycles. The summed E-state index contributed by atoms with van der Waals surface area (Å²) in [7, 11) is 0. The topological polar surface area (TPSA) is 12.0 Å². The number of nitrogens with one attached hydrogen (secondary N) is 1. The molecule has 0 saturated carbocycles. The zero-order valence-electron chi connectivity index (χ0n) is 9.28. The van der Waals surface area contributed by atoms with Crippen LogP contribution in [0.4, 0.5) is 0 Å². The third-order valence-corrected chi connectivity index (χ3v) is 3.32. The predicted octanol–water partition coefficient (Wildman–Crippen LogP) is 3.34. The van der Waals surface area contributed by atoms with Crippen LogP contribution in [0.25, 0.3) is 0 Å². The molecular formula is C14H20N. The number of piperidine rings is 1. The fourth-order valence-corrected chi connectivity index (χ4v) is 2.58. The van der Waals surface area contributed by atoms with Gasteiger partial charge >= 0.3 is 0 Å². The van der Waals surface area contributed by atoms with Crippen molar-refractivity contribution >= 4 is 0 Å². The molecule has 1 aromatic carbocycles. The van der Waals surface area contributed by atoms with Gasteiger partial charge in [0.1, 0.15) is 0 Å². The van der Waals surface area contributed by atoms with E-state index in [2.05, 4.69) is 42.6 Å². The second-order valence-electron chi connectivity index (χ2n) is 4.39. The Bertz CT molecular complexity index is 279. The van der Waals surface area contributed by atoms with Crippen molar-refractivity contribution in [2.75, 3.05) is 6.54 Å². The Balaban J connectivity index is 2.11. The third kappa shape index (κ3) is 2.60. The molecule has 1 N–H and O–H groups in total. The van der Waals surface area contributed by atoms with Crippen molar-refractivity contribution in [2.45, 2.75) is 31.7 Å². The number of rotatable bonds is 3. The maximum Gasteiger partial charge on any atom is 0.0348 e. The lowest BCUT2D eigenvalue weighted by Crippen LogP contribution is -2.34. The molecule has 1 aliphatic rings. The number of benzene rings is 1. The second kappa shape index (κ2) is 5.32. The second-order valence-corrected chi connectivity index (χ2v) is 4.39. The average Bonchev–Trinajstić information content (AvgIpc) is 2.31. The molecule has 0 bridgehead atoms. The van der Waals surface area contributed by atoms with E-state index in [1.807, 2.05) is 0 Å². The van der Waals surface area contributed by atoms with E-state index < -0.39 is 0 Å². The Morgan fingerprint density at radius 2 is 2.07 bits per heavy atom. The summed E-state index contributed by atoms with van der Waals surface area (Å²) in [5.74, 6) is 0.777. The SMILES string of the molecule is [CH2]CCC1CCCNC1c1ccccc1. The van der Waals surface area contributed by atoms with Gasteiger partial charge in [-0.15, -0.1) is 0 Å². The van der Waals surface area contributed by atoms with E-state index in [4.69, 9.17) is 0 Å². The molecule has 1 aliphatic heterocycles. The molecule has 1 nitrogen and oxygen atoms in total. The quantitative estimate of drug-likeness (QED) is 0.792. The highest BCUT2D eigenvalue weighted by molar-refractivity contribution is 5.20. The van der Waals surface area contributed by atoms with Crippen molar-refractivity contribution in [2.24, 2.45) is 5.92 Å². The molecule has 1 radical (unpaired) electrons. The summed E-state index contributed by atoms with van der Waals surface area (Å²) in [4.78, 5) is 0. The van der Waals surface area contributed by atoms with Crippen molar-refractivity contribution in [3.63, 3.8) is 0 Å². The molecule has 1 heteroatoms. The largest absolute Gasteiger partial charge is 0.310 e. The first-order valence-electron chi connectivity index (χ1n) is 5.99. The molecule has 1 heterocycles. The van der Waals surface area contributed by atoms with Crippen molar-refractivity contribution < 1.29 is 0 Å². The van der Waals surface area contributed by atoms with Crippen LogP contribution in [0.15, 0.2) is 30.3 Å². The summed E-state index contributed by atoms with van der Waals surface area (Å²) >= 11 is 0. The molecule has 0 amide bonds. The average molecular weight is 202 g/mol. The molecule has 2 rings (SSSR count). The molecule has 0 aromatic heterocycles. The Hall–Kier alpha value is -0.820. The fraction of sp³-hybridized carbons (Fsp3) is 0.500. The zero-order chi connectivity index (χ0) is 10.5. The standard InChI is InChI=1S/C14H20N/c1-2-7-12-10-6-11-15-14(12)13-8-4-3-5-9-13/h3-5,8-9,12,14-15H,1-2,6-7,10-11H2. The summed E-state index contributed by atoms with van der Waals surface area (Å²) in [5, 5.41) is 3.64. The summed E-state index contributed by atoms with van der Waals surface area (Å²) < 4.78 is 0. The van der Waals surface area contributed by atoms with Crippen LogP contribution in [0.2, 0.25) is 0 Å². The lowest BCUT2D eigenvalue weighted by molar-refractivity contribution is 0.270. The summed E-state index contributed by atoms with van der Waals surface area (Å²) in [5.41, 5.74) is 1.44. The van der Waals surface area contributed by atoms with Gasteiger partial charge < -0.3 is 5.32 Å². The molecule has 1 aromatic rings. The van der Waals surface area contributed by atoms with E-state index in [-0.39, 0.29) is 0 Å². The van der Waals surface area contributed by atoms with Gasteiger partial charge in [0.2, 0.25) is 0 Å². The lowest BCUT2D eigenvalue weighted by Gasteiger charge is -2.33.